The van der Waals surface area contributed by atoms with Gasteiger partial charge in [0.05, 0.1) is 12.5 Å². The van der Waals surface area contributed by atoms with E-state index in [9.17, 15) is 4.79 Å². The van der Waals surface area contributed by atoms with Crippen LogP contribution in [0.1, 0.15) is 24.4 Å². The molecule has 5 heteroatoms. The first kappa shape index (κ1) is 17.3. The molecule has 0 aliphatic carbocycles. The Kier molecular flexibility index (Phi) is 4.83. The minimum absolute atomic E-state index is 0.00124. The van der Waals surface area contributed by atoms with Crippen molar-refractivity contribution < 1.29 is 13.9 Å². The van der Waals surface area contributed by atoms with Gasteiger partial charge >= 0.3 is 0 Å². The molecule has 2 saturated heterocycles. The maximum absolute atomic E-state index is 13.1. The molecule has 1 aromatic heterocycles. The monoisotopic (exact) mass is 354 g/mol. The van der Waals surface area contributed by atoms with Crippen molar-refractivity contribution in [3.63, 3.8) is 0 Å². The molecule has 2 aliphatic rings. The minimum atomic E-state index is -0.0253. The van der Waals surface area contributed by atoms with Crippen LogP contribution in [0.3, 0.4) is 0 Å². The molecule has 1 N–H and O–H groups in total. The predicted octanol–water partition coefficient (Wildman–Crippen LogP) is 3.46. The van der Waals surface area contributed by atoms with E-state index in [-0.39, 0.29) is 17.2 Å². The van der Waals surface area contributed by atoms with E-state index >= 15 is 0 Å². The maximum Gasteiger partial charge on any atom is 0.229 e. The summed E-state index contributed by atoms with van der Waals surface area (Å²) >= 11 is 0. The van der Waals surface area contributed by atoms with Gasteiger partial charge in [-0.3, -0.25) is 9.69 Å². The molecule has 1 atom stereocenters. The fourth-order valence-electron chi connectivity index (χ4n) is 4.38. The minimum Gasteiger partial charge on any atom is -0.465 e. The molecule has 5 nitrogen and oxygen atoms in total. The van der Waals surface area contributed by atoms with Crippen molar-refractivity contribution >= 4 is 11.6 Å². The number of hydrogen-bond acceptors (Lipinski definition) is 4. The van der Waals surface area contributed by atoms with Crippen LogP contribution < -0.4 is 5.32 Å². The normalized spacial score (nSPS) is 22.6. The van der Waals surface area contributed by atoms with Crippen LogP contribution >= 0.6 is 0 Å². The zero-order valence-corrected chi connectivity index (χ0v) is 15.2. The molecule has 1 aromatic carbocycles. The van der Waals surface area contributed by atoms with E-state index in [4.69, 9.17) is 9.15 Å². The van der Waals surface area contributed by atoms with Crippen LogP contribution in [0.15, 0.2) is 46.9 Å². The fourth-order valence-corrected chi connectivity index (χ4v) is 4.38. The van der Waals surface area contributed by atoms with Crippen molar-refractivity contribution in [2.75, 3.05) is 31.6 Å². The molecule has 0 unspecified atom stereocenters. The van der Waals surface area contributed by atoms with Gasteiger partial charge in [-0.05, 0) is 44.0 Å². The van der Waals surface area contributed by atoms with Crippen molar-refractivity contribution in [1.29, 1.82) is 0 Å². The number of benzene rings is 1. The smallest absolute Gasteiger partial charge is 0.229 e. The number of hydrogen-bond donors (Lipinski definition) is 1. The van der Waals surface area contributed by atoms with Crippen molar-refractivity contribution in [3.8, 4) is 0 Å². The number of rotatable bonds is 4. The number of carbonyl (C=O) groups is 1. The Bertz CT molecular complexity index is 750. The summed E-state index contributed by atoms with van der Waals surface area (Å²) in [5.74, 6) is 1.99. The van der Waals surface area contributed by atoms with Crippen LogP contribution in [0.4, 0.5) is 5.69 Å². The number of para-hydroxylation sites is 1. The van der Waals surface area contributed by atoms with E-state index in [0.717, 1.165) is 62.9 Å². The molecule has 0 saturated carbocycles. The third kappa shape index (κ3) is 3.55. The molecule has 26 heavy (non-hydrogen) atoms. The SMILES string of the molecule is Cc1ccc(CN2C[C@@H](C(=O)Nc3ccccc3)C3(CCOCC3)C2)o1. The van der Waals surface area contributed by atoms with E-state index in [1.54, 1.807) is 0 Å². The number of anilines is 1. The number of nitrogens with zero attached hydrogens (tertiary/aromatic N) is 1. The Morgan fingerprint density at radius 2 is 1.96 bits per heavy atom. The number of ether oxygens (including phenoxy) is 1. The van der Waals surface area contributed by atoms with E-state index in [0.29, 0.717) is 0 Å². The number of furan rings is 1. The van der Waals surface area contributed by atoms with E-state index in [2.05, 4.69) is 10.2 Å². The van der Waals surface area contributed by atoms with Gasteiger partial charge in [-0.25, -0.2) is 0 Å². The Labute approximate surface area is 154 Å². The zero-order valence-electron chi connectivity index (χ0n) is 15.2. The molecular formula is C21H26N2O3. The summed E-state index contributed by atoms with van der Waals surface area (Å²) in [6, 6.07) is 13.7. The summed E-state index contributed by atoms with van der Waals surface area (Å²) in [5.41, 5.74) is 0.860. The van der Waals surface area contributed by atoms with Gasteiger partial charge in [0.2, 0.25) is 5.91 Å². The van der Waals surface area contributed by atoms with Gasteiger partial charge < -0.3 is 14.5 Å². The van der Waals surface area contributed by atoms with Gasteiger partial charge in [-0.1, -0.05) is 18.2 Å². The quantitative estimate of drug-likeness (QED) is 0.914. The molecule has 1 spiro atoms. The number of nitrogens with one attached hydrogen (secondary N) is 1. The van der Waals surface area contributed by atoms with E-state index < -0.39 is 0 Å². The van der Waals surface area contributed by atoms with Gasteiger partial charge in [-0.2, -0.15) is 0 Å². The summed E-state index contributed by atoms with van der Waals surface area (Å²) in [7, 11) is 0. The lowest BCUT2D eigenvalue weighted by Gasteiger charge is -2.37. The van der Waals surface area contributed by atoms with Gasteiger partial charge in [0.1, 0.15) is 11.5 Å². The Morgan fingerprint density at radius 3 is 2.65 bits per heavy atom. The van der Waals surface area contributed by atoms with Gasteiger partial charge in [0.15, 0.2) is 0 Å². The summed E-state index contributed by atoms with van der Waals surface area (Å²) < 4.78 is 11.3. The highest BCUT2D eigenvalue weighted by atomic mass is 16.5. The van der Waals surface area contributed by atoms with E-state index in [1.165, 1.54) is 0 Å². The molecular weight excluding hydrogens is 328 g/mol. The first-order valence-electron chi connectivity index (χ1n) is 9.36. The zero-order chi connectivity index (χ0) is 18.0. The highest BCUT2D eigenvalue weighted by Gasteiger charge is 2.50. The highest BCUT2D eigenvalue weighted by molar-refractivity contribution is 5.93. The number of carbonyl (C=O) groups excluding carboxylic acids is 1. The van der Waals surface area contributed by atoms with Gasteiger partial charge in [0.25, 0.3) is 0 Å². The average molecular weight is 354 g/mol. The van der Waals surface area contributed by atoms with Crippen LogP contribution in [0, 0.1) is 18.3 Å². The maximum atomic E-state index is 13.1. The van der Waals surface area contributed by atoms with Crippen LogP contribution in [0.2, 0.25) is 0 Å². The molecule has 0 radical (unpaired) electrons. The second kappa shape index (κ2) is 7.25. The molecule has 2 aromatic rings. The number of aryl methyl sites for hydroxylation is 1. The van der Waals surface area contributed by atoms with Crippen molar-refractivity contribution in [2.45, 2.75) is 26.3 Å². The summed E-state index contributed by atoms with van der Waals surface area (Å²) in [4.78, 5) is 15.4. The Balaban J connectivity index is 1.51. The van der Waals surface area contributed by atoms with Crippen LogP contribution in [0.5, 0.6) is 0 Å². The number of likely N-dealkylation sites (tertiary alicyclic amines) is 1. The number of amides is 1. The fraction of sp³-hybridized carbons (Fsp3) is 0.476. The molecule has 2 fully saturated rings. The standard InChI is InChI=1S/C21H26N2O3/c1-16-7-8-18(26-16)13-23-14-19(21(15-23)9-11-25-12-10-21)20(24)22-17-5-3-2-4-6-17/h2-8,19H,9-15H2,1H3,(H,22,24)/t19-/m0/s1. The predicted molar refractivity (Wildman–Crippen MR) is 99.8 cm³/mol. The Morgan fingerprint density at radius 1 is 1.19 bits per heavy atom. The lowest BCUT2D eigenvalue weighted by molar-refractivity contribution is -0.124. The first-order valence-corrected chi connectivity index (χ1v) is 9.36. The second-order valence-corrected chi connectivity index (χ2v) is 7.56. The molecule has 2 aliphatic heterocycles. The first-order chi connectivity index (χ1) is 12.6. The molecule has 1 amide bonds. The largest absolute Gasteiger partial charge is 0.465 e. The van der Waals surface area contributed by atoms with Crippen LogP contribution in [-0.4, -0.2) is 37.1 Å². The van der Waals surface area contributed by atoms with Gasteiger partial charge in [-0.15, -0.1) is 0 Å². The lowest BCUT2D eigenvalue weighted by atomic mass is 9.71. The summed E-state index contributed by atoms with van der Waals surface area (Å²) in [5, 5.41) is 3.11. The molecule has 3 heterocycles. The topological polar surface area (TPSA) is 54.7 Å². The molecule has 138 valence electrons. The van der Waals surface area contributed by atoms with Crippen LogP contribution in [-0.2, 0) is 16.1 Å². The third-order valence-corrected chi connectivity index (χ3v) is 5.74. The molecule has 4 rings (SSSR count). The lowest BCUT2D eigenvalue weighted by Crippen LogP contribution is -2.42. The van der Waals surface area contributed by atoms with Gasteiger partial charge in [0, 0.05) is 37.4 Å². The molecule has 0 bridgehead atoms. The second-order valence-electron chi connectivity index (χ2n) is 7.56. The summed E-state index contributed by atoms with van der Waals surface area (Å²) in [6.45, 7) is 5.88. The third-order valence-electron chi connectivity index (χ3n) is 5.74. The van der Waals surface area contributed by atoms with Crippen molar-refractivity contribution in [1.82, 2.24) is 4.90 Å². The summed E-state index contributed by atoms with van der Waals surface area (Å²) in [6.07, 6.45) is 1.88. The van der Waals surface area contributed by atoms with E-state index in [1.807, 2.05) is 49.4 Å². The highest BCUT2D eigenvalue weighted by Crippen LogP contribution is 2.45. The average Bonchev–Trinajstić information content (AvgIpc) is 3.20. The Hall–Kier alpha value is -2.11. The van der Waals surface area contributed by atoms with Crippen molar-refractivity contribution in [2.24, 2.45) is 11.3 Å². The van der Waals surface area contributed by atoms with Crippen molar-refractivity contribution in [3.05, 3.63) is 54.0 Å². The van der Waals surface area contributed by atoms with Crippen LogP contribution in [0.25, 0.3) is 0 Å².